The molecule has 0 radical (unpaired) electrons. The summed E-state index contributed by atoms with van der Waals surface area (Å²) >= 11 is 1.43. The van der Waals surface area contributed by atoms with Gasteiger partial charge in [0.1, 0.15) is 0 Å². The number of piperidine rings is 1. The predicted molar refractivity (Wildman–Crippen MR) is 91.6 cm³/mol. The smallest absolute Gasteiger partial charge is 0.323 e. The third-order valence-corrected chi connectivity index (χ3v) is 5.12. The highest BCUT2D eigenvalue weighted by atomic mass is 32.1. The van der Waals surface area contributed by atoms with E-state index in [0.29, 0.717) is 18.2 Å². The molecule has 0 bridgehead atoms. The molecule has 1 aliphatic rings. The summed E-state index contributed by atoms with van der Waals surface area (Å²) in [7, 11) is 0. The van der Waals surface area contributed by atoms with Crippen LogP contribution in [-0.2, 0) is 0 Å². The molecule has 5 nitrogen and oxygen atoms in total. The van der Waals surface area contributed by atoms with Gasteiger partial charge in [-0.2, -0.15) is 0 Å². The molecular formula is C17H21N3O2S. The van der Waals surface area contributed by atoms with Crippen molar-refractivity contribution in [1.82, 2.24) is 9.88 Å². The molecule has 1 unspecified atom stereocenters. The Balaban J connectivity index is 1.53. The van der Waals surface area contributed by atoms with Gasteiger partial charge in [0.05, 0.1) is 11.8 Å². The van der Waals surface area contributed by atoms with E-state index in [1.54, 1.807) is 4.90 Å². The van der Waals surface area contributed by atoms with Crippen molar-refractivity contribution in [2.75, 3.05) is 18.4 Å². The number of hydrogen-bond donors (Lipinski definition) is 2. The Hall–Kier alpha value is -1.92. The number of likely N-dealkylation sites (tertiary alicyclic amines) is 1. The Labute approximate surface area is 140 Å². The second-order valence-corrected chi connectivity index (χ2v) is 6.76. The number of nitrogens with one attached hydrogen (secondary N) is 1. The van der Waals surface area contributed by atoms with E-state index in [1.807, 2.05) is 42.6 Å². The standard InChI is InChI=1S/C17H21N3O2S/c1-12-11-23-16(18-12)19-17(22)20-9-7-14(8-10-20)15(21)13-5-3-2-4-6-13/h2-6,11,14-15,21H,7-10H2,1H3,(H,18,19,22). The van der Waals surface area contributed by atoms with E-state index in [1.165, 1.54) is 11.3 Å². The third kappa shape index (κ3) is 3.89. The van der Waals surface area contributed by atoms with E-state index in [-0.39, 0.29) is 11.9 Å². The zero-order valence-electron chi connectivity index (χ0n) is 13.1. The molecule has 0 aliphatic carbocycles. The number of urea groups is 1. The van der Waals surface area contributed by atoms with Crippen molar-refractivity contribution in [2.45, 2.75) is 25.9 Å². The number of aryl methyl sites for hydroxylation is 1. The Morgan fingerprint density at radius 2 is 2.04 bits per heavy atom. The van der Waals surface area contributed by atoms with Gasteiger partial charge in [0, 0.05) is 18.5 Å². The van der Waals surface area contributed by atoms with Crippen LogP contribution in [0.2, 0.25) is 0 Å². The van der Waals surface area contributed by atoms with E-state index in [9.17, 15) is 9.90 Å². The minimum Gasteiger partial charge on any atom is -0.388 e. The molecule has 2 N–H and O–H groups in total. The average Bonchev–Trinajstić information content (AvgIpc) is 3.00. The van der Waals surface area contributed by atoms with Crippen molar-refractivity contribution in [2.24, 2.45) is 5.92 Å². The highest BCUT2D eigenvalue weighted by molar-refractivity contribution is 7.13. The first-order chi connectivity index (χ1) is 11.1. The summed E-state index contributed by atoms with van der Waals surface area (Å²) in [5.41, 5.74) is 1.86. The predicted octanol–water partition coefficient (Wildman–Crippen LogP) is 3.43. The first-order valence-electron chi connectivity index (χ1n) is 7.84. The van der Waals surface area contributed by atoms with Crippen LogP contribution >= 0.6 is 11.3 Å². The maximum Gasteiger partial charge on any atom is 0.323 e. The Morgan fingerprint density at radius 1 is 1.35 bits per heavy atom. The van der Waals surface area contributed by atoms with Gasteiger partial charge in [-0.3, -0.25) is 5.32 Å². The van der Waals surface area contributed by atoms with Gasteiger partial charge in [0.2, 0.25) is 0 Å². The summed E-state index contributed by atoms with van der Waals surface area (Å²) in [5, 5.41) is 15.9. The number of anilines is 1. The first kappa shape index (κ1) is 16.0. The van der Waals surface area contributed by atoms with Crippen molar-refractivity contribution < 1.29 is 9.90 Å². The van der Waals surface area contributed by atoms with Crippen LogP contribution in [0.1, 0.15) is 30.2 Å². The quantitative estimate of drug-likeness (QED) is 0.905. The zero-order valence-corrected chi connectivity index (χ0v) is 13.9. The second kappa shape index (κ2) is 7.10. The number of amides is 2. The number of aromatic nitrogens is 1. The minimum atomic E-state index is -0.456. The second-order valence-electron chi connectivity index (χ2n) is 5.90. The van der Waals surface area contributed by atoms with Crippen LogP contribution < -0.4 is 5.32 Å². The third-order valence-electron chi connectivity index (χ3n) is 4.25. The molecule has 3 rings (SSSR count). The van der Waals surface area contributed by atoms with Crippen molar-refractivity contribution in [1.29, 1.82) is 0 Å². The van der Waals surface area contributed by atoms with Gasteiger partial charge in [-0.05, 0) is 31.2 Å². The highest BCUT2D eigenvalue weighted by Gasteiger charge is 2.28. The van der Waals surface area contributed by atoms with E-state index < -0.39 is 6.10 Å². The number of rotatable bonds is 3. The minimum absolute atomic E-state index is 0.105. The lowest BCUT2D eigenvalue weighted by atomic mass is 9.87. The van der Waals surface area contributed by atoms with Crippen LogP contribution in [0.3, 0.4) is 0 Å². The fourth-order valence-electron chi connectivity index (χ4n) is 2.92. The fourth-order valence-corrected chi connectivity index (χ4v) is 3.60. The van der Waals surface area contributed by atoms with Gasteiger partial charge >= 0.3 is 6.03 Å². The molecule has 0 spiro atoms. The van der Waals surface area contributed by atoms with Crippen LogP contribution in [0.4, 0.5) is 9.93 Å². The Bertz CT molecular complexity index is 651. The van der Waals surface area contributed by atoms with E-state index in [0.717, 1.165) is 24.1 Å². The lowest BCUT2D eigenvalue weighted by Gasteiger charge is -2.34. The molecule has 2 aromatic rings. The first-order valence-corrected chi connectivity index (χ1v) is 8.72. The number of hydrogen-bond acceptors (Lipinski definition) is 4. The van der Waals surface area contributed by atoms with Gasteiger partial charge < -0.3 is 10.0 Å². The molecule has 2 heterocycles. The van der Waals surface area contributed by atoms with Crippen LogP contribution in [0.5, 0.6) is 0 Å². The monoisotopic (exact) mass is 331 g/mol. The molecule has 1 fully saturated rings. The molecular weight excluding hydrogens is 310 g/mol. The summed E-state index contributed by atoms with van der Waals surface area (Å²) < 4.78 is 0. The fraction of sp³-hybridized carbons (Fsp3) is 0.412. The summed E-state index contributed by atoms with van der Waals surface area (Å²) in [6, 6.07) is 9.63. The van der Waals surface area contributed by atoms with Crippen LogP contribution in [0, 0.1) is 12.8 Å². The molecule has 1 atom stereocenters. The van der Waals surface area contributed by atoms with Crippen LogP contribution in [0.15, 0.2) is 35.7 Å². The molecule has 6 heteroatoms. The van der Waals surface area contributed by atoms with Crippen LogP contribution in [-0.4, -0.2) is 34.1 Å². The van der Waals surface area contributed by atoms with E-state index >= 15 is 0 Å². The molecule has 122 valence electrons. The molecule has 1 aliphatic heterocycles. The molecule has 1 aromatic carbocycles. The van der Waals surface area contributed by atoms with Gasteiger partial charge in [0.25, 0.3) is 0 Å². The number of nitrogens with zero attached hydrogens (tertiary/aromatic N) is 2. The molecule has 1 aromatic heterocycles. The van der Waals surface area contributed by atoms with Crippen molar-refractivity contribution in [3.05, 3.63) is 47.0 Å². The number of thiazole rings is 1. The van der Waals surface area contributed by atoms with Gasteiger partial charge in [-0.1, -0.05) is 30.3 Å². The van der Waals surface area contributed by atoms with E-state index in [4.69, 9.17) is 0 Å². The Kier molecular flexibility index (Phi) is 4.93. The topological polar surface area (TPSA) is 65.5 Å². The summed E-state index contributed by atoms with van der Waals surface area (Å²) in [6.45, 7) is 3.22. The number of carbonyl (C=O) groups excluding carboxylic acids is 1. The lowest BCUT2D eigenvalue weighted by Crippen LogP contribution is -2.42. The number of aliphatic hydroxyl groups is 1. The zero-order chi connectivity index (χ0) is 16.2. The summed E-state index contributed by atoms with van der Waals surface area (Å²) in [4.78, 5) is 18.3. The SMILES string of the molecule is Cc1csc(NC(=O)N2CCC(C(O)c3ccccc3)CC2)n1. The number of carbonyl (C=O) groups is 1. The van der Waals surface area contributed by atoms with Crippen LogP contribution in [0.25, 0.3) is 0 Å². The lowest BCUT2D eigenvalue weighted by molar-refractivity contribution is 0.0683. The van der Waals surface area contributed by atoms with Gasteiger partial charge in [-0.15, -0.1) is 11.3 Å². The normalized spacial score (nSPS) is 17.0. The Morgan fingerprint density at radius 3 is 2.65 bits per heavy atom. The maximum atomic E-state index is 12.2. The van der Waals surface area contributed by atoms with Crippen molar-refractivity contribution >= 4 is 22.5 Å². The molecule has 2 amide bonds. The maximum absolute atomic E-state index is 12.2. The largest absolute Gasteiger partial charge is 0.388 e. The van der Waals surface area contributed by atoms with Gasteiger partial charge in [0.15, 0.2) is 5.13 Å². The highest BCUT2D eigenvalue weighted by Crippen LogP contribution is 2.30. The number of aliphatic hydroxyl groups excluding tert-OH is 1. The van der Waals surface area contributed by atoms with Gasteiger partial charge in [-0.25, -0.2) is 9.78 Å². The van der Waals surface area contributed by atoms with Crippen molar-refractivity contribution in [3.63, 3.8) is 0 Å². The molecule has 23 heavy (non-hydrogen) atoms. The average molecular weight is 331 g/mol. The van der Waals surface area contributed by atoms with Crippen molar-refractivity contribution in [3.8, 4) is 0 Å². The molecule has 1 saturated heterocycles. The van der Waals surface area contributed by atoms with E-state index in [2.05, 4.69) is 10.3 Å². The summed E-state index contributed by atoms with van der Waals surface area (Å²) in [5.74, 6) is 0.198. The molecule has 0 saturated carbocycles. The summed E-state index contributed by atoms with van der Waals surface area (Å²) in [6.07, 6.45) is 1.16. The number of benzene rings is 1.